The standard InChI is InChI=1S/C25H26N4O3/c1-30-21-11-6-18(17-22(21)31-2)24-25(29-12-4-3-5-23(29)27-24)26-19-7-9-20(10-8-19)28-13-15-32-16-14-28/h3-12,17,26H,13-16H2,1-2H3. The van der Waals surface area contributed by atoms with Gasteiger partial charge in [-0.1, -0.05) is 6.07 Å². The molecule has 7 heteroatoms. The molecule has 2 aromatic heterocycles. The van der Waals surface area contributed by atoms with Crippen molar-refractivity contribution in [2.24, 2.45) is 0 Å². The summed E-state index contributed by atoms with van der Waals surface area (Å²) in [6, 6.07) is 20.3. The van der Waals surface area contributed by atoms with E-state index in [2.05, 4.69) is 38.9 Å². The number of ether oxygens (including phenoxy) is 3. The molecule has 1 saturated heterocycles. The molecule has 2 aromatic carbocycles. The number of nitrogens with one attached hydrogen (secondary N) is 1. The number of hydrogen-bond acceptors (Lipinski definition) is 6. The average molecular weight is 431 g/mol. The molecule has 32 heavy (non-hydrogen) atoms. The third kappa shape index (κ3) is 3.83. The van der Waals surface area contributed by atoms with Crippen molar-refractivity contribution in [3.63, 3.8) is 0 Å². The largest absolute Gasteiger partial charge is 0.493 e. The summed E-state index contributed by atoms with van der Waals surface area (Å²) in [5.74, 6) is 2.25. The minimum atomic E-state index is 0.669. The van der Waals surface area contributed by atoms with Crippen molar-refractivity contribution in [1.29, 1.82) is 0 Å². The van der Waals surface area contributed by atoms with Gasteiger partial charge in [-0.2, -0.15) is 0 Å². The molecule has 0 amide bonds. The summed E-state index contributed by atoms with van der Waals surface area (Å²) in [4.78, 5) is 7.23. The van der Waals surface area contributed by atoms with Crippen LogP contribution in [0.2, 0.25) is 0 Å². The van der Waals surface area contributed by atoms with Crippen LogP contribution in [0.1, 0.15) is 0 Å². The first-order valence-corrected chi connectivity index (χ1v) is 10.7. The zero-order valence-corrected chi connectivity index (χ0v) is 18.2. The monoisotopic (exact) mass is 430 g/mol. The lowest BCUT2D eigenvalue weighted by atomic mass is 10.1. The van der Waals surface area contributed by atoms with Crippen molar-refractivity contribution in [3.8, 4) is 22.8 Å². The van der Waals surface area contributed by atoms with Gasteiger partial charge in [-0.3, -0.25) is 4.40 Å². The minimum absolute atomic E-state index is 0.669. The van der Waals surface area contributed by atoms with Gasteiger partial charge in [0.05, 0.1) is 27.4 Å². The maximum atomic E-state index is 5.51. The Bertz CT molecular complexity index is 1210. The number of fused-ring (bicyclic) bond motifs is 1. The first kappa shape index (κ1) is 20.2. The molecule has 1 fully saturated rings. The summed E-state index contributed by atoms with van der Waals surface area (Å²) in [6.45, 7) is 3.39. The molecular formula is C25H26N4O3. The Balaban J connectivity index is 1.51. The molecule has 0 atom stereocenters. The highest BCUT2D eigenvalue weighted by Gasteiger charge is 2.17. The molecule has 4 aromatic rings. The predicted octanol–water partition coefficient (Wildman–Crippen LogP) is 4.60. The first-order valence-electron chi connectivity index (χ1n) is 10.7. The summed E-state index contributed by atoms with van der Waals surface area (Å²) in [5.41, 5.74) is 4.85. The molecule has 0 radical (unpaired) electrons. The van der Waals surface area contributed by atoms with Crippen LogP contribution < -0.4 is 19.7 Å². The number of nitrogens with zero attached hydrogens (tertiary/aromatic N) is 3. The molecule has 164 valence electrons. The fraction of sp³-hybridized carbons (Fsp3) is 0.240. The number of morpholine rings is 1. The number of anilines is 3. The molecule has 1 aliphatic heterocycles. The Morgan fingerprint density at radius 2 is 1.69 bits per heavy atom. The van der Waals surface area contributed by atoms with Gasteiger partial charge in [0.25, 0.3) is 0 Å². The van der Waals surface area contributed by atoms with Gasteiger partial charge in [0.15, 0.2) is 11.5 Å². The van der Waals surface area contributed by atoms with Crippen molar-refractivity contribution in [1.82, 2.24) is 9.38 Å². The van der Waals surface area contributed by atoms with E-state index in [0.29, 0.717) is 11.5 Å². The first-order chi connectivity index (χ1) is 15.8. The Hall–Kier alpha value is -3.71. The van der Waals surface area contributed by atoms with Crippen LogP contribution >= 0.6 is 0 Å². The summed E-state index contributed by atoms with van der Waals surface area (Å²) in [5, 5.41) is 3.58. The van der Waals surface area contributed by atoms with E-state index in [0.717, 1.165) is 54.7 Å². The van der Waals surface area contributed by atoms with E-state index in [1.165, 1.54) is 5.69 Å². The molecule has 0 bridgehead atoms. The molecule has 5 rings (SSSR count). The smallest absolute Gasteiger partial charge is 0.161 e. The van der Waals surface area contributed by atoms with Crippen molar-refractivity contribution in [2.75, 3.05) is 50.7 Å². The highest BCUT2D eigenvalue weighted by Crippen LogP contribution is 2.36. The number of methoxy groups -OCH3 is 2. The van der Waals surface area contributed by atoms with Crippen LogP contribution in [0.3, 0.4) is 0 Å². The summed E-state index contributed by atoms with van der Waals surface area (Å²) in [6.07, 6.45) is 2.01. The van der Waals surface area contributed by atoms with Crippen molar-refractivity contribution in [2.45, 2.75) is 0 Å². The molecular weight excluding hydrogens is 404 g/mol. The van der Waals surface area contributed by atoms with E-state index in [4.69, 9.17) is 19.2 Å². The van der Waals surface area contributed by atoms with E-state index in [1.54, 1.807) is 14.2 Å². The van der Waals surface area contributed by atoms with Crippen LogP contribution in [0.5, 0.6) is 11.5 Å². The second kappa shape index (κ2) is 8.80. The fourth-order valence-corrected chi connectivity index (χ4v) is 4.01. The van der Waals surface area contributed by atoms with Gasteiger partial charge in [0.1, 0.15) is 17.2 Å². The summed E-state index contributed by atoms with van der Waals surface area (Å²) in [7, 11) is 3.27. The lowest BCUT2D eigenvalue weighted by Crippen LogP contribution is -2.36. The van der Waals surface area contributed by atoms with Crippen LogP contribution in [0.4, 0.5) is 17.2 Å². The lowest BCUT2D eigenvalue weighted by Gasteiger charge is -2.28. The third-order valence-corrected chi connectivity index (χ3v) is 5.69. The van der Waals surface area contributed by atoms with Crippen molar-refractivity contribution in [3.05, 3.63) is 66.9 Å². The molecule has 0 spiro atoms. The van der Waals surface area contributed by atoms with Gasteiger partial charge in [-0.05, 0) is 54.6 Å². The summed E-state index contributed by atoms with van der Waals surface area (Å²) < 4.78 is 18.4. The second-order valence-electron chi connectivity index (χ2n) is 7.58. The number of benzene rings is 2. The van der Waals surface area contributed by atoms with E-state index < -0.39 is 0 Å². The zero-order chi connectivity index (χ0) is 21.9. The predicted molar refractivity (Wildman–Crippen MR) is 126 cm³/mol. The van der Waals surface area contributed by atoms with Gasteiger partial charge in [0, 0.05) is 36.2 Å². The van der Waals surface area contributed by atoms with Crippen LogP contribution in [0, 0.1) is 0 Å². The Morgan fingerprint density at radius 3 is 2.44 bits per heavy atom. The fourth-order valence-electron chi connectivity index (χ4n) is 4.01. The van der Waals surface area contributed by atoms with E-state index in [9.17, 15) is 0 Å². The van der Waals surface area contributed by atoms with Gasteiger partial charge in [-0.15, -0.1) is 0 Å². The minimum Gasteiger partial charge on any atom is -0.493 e. The lowest BCUT2D eigenvalue weighted by molar-refractivity contribution is 0.122. The van der Waals surface area contributed by atoms with Crippen LogP contribution in [0.15, 0.2) is 66.9 Å². The van der Waals surface area contributed by atoms with E-state index in [1.807, 2.05) is 42.6 Å². The van der Waals surface area contributed by atoms with Crippen LogP contribution in [0.25, 0.3) is 16.9 Å². The maximum absolute atomic E-state index is 5.51. The molecule has 0 aliphatic carbocycles. The van der Waals surface area contributed by atoms with E-state index in [-0.39, 0.29) is 0 Å². The number of imidazole rings is 1. The molecule has 7 nitrogen and oxygen atoms in total. The topological polar surface area (TPSA) is 60.3 Å². The zero-order valence-electron chi connectivity index (χ0n) is 18.2. The van der Waals surface area contributed by atoms with Crippen molar-refractivity contribution >= 4 is 22.8 Å². The summed E-state index contributed by atoms with van der Waals surface area (Å²) >= 11 is 0. The number of pyridine rings is 1. The highest BCUT2D eigenvalue weighted by molar-refractivity contribution is 5.81. The van der Waals surface area contributed by atoms with Crippen molar-refractivity contribution < 1.29 is 14.2 Å². The second-order valence-corrected chi connectivity index (χ2v) is 7.58. The number of hydrogen-bond donors (Lipinski definition) is 1. The highest BCUT2D eigenvalue weighted by atomic mass is 16.5. The van der Waals surface area contributed by atoms with E-state index >= 15 is 0 Å². The normalized spacial score (nSPS) is 13.9. The van der Waals surface area contributed by atoms with Crippen LogP contribution in [-0.2, 0) is 4.74 Å². The van der Waals surface area contributed by atoms with Gasteiger partial charge in [-0.25, -0.2) is 4.98 Å². The SMILES string of the molecule is COc1ccc(-c2nc3ccccn3c2Nc2ccc(N3CCOCC3)cc2)cc1OC. The number of aromatic nitrogens is 2. The van der Waals surface area contributed by atoms with Gasteiger partial charge < -0.3 is 24.4 Å². The Kier molecular flexibility index (Phi) is 5.56. The molecule has 3 heterocycles. The maximum Gasteiger partial charge on any atom is 0.161 e. The quantitative estimate of drug-likeness (QED) is 0.483. The molecule has 0 unspecified atom stereocenters. The number of rotatable bonds is 6. The molecule has 1 N–H and O–H groups in total. The van der Waals surface area contributed by atoms with Gasteiger partial charge in [0.2, 0.25) is 0 Å². The van der Waals surface area contributed by atoms with Gasteiger partial charge >= 0.3 is 0 Å². The Labute approximate surface area is 187 Å². The molecule has 1 aliphatic rings. The molecule has 0 saturated carbocycles. The average Bonchev–Trinajstić information content (AvgIpc) is 3.23. The third-order valence-electron chi connectivity index (χ3n) is 5.69. The Morgan fingerprint density at radius 1 is 0.906 bits per heavy atom. The van der Waals surface area contributed by atoms with Crippen LogP contribution in [-0.4, -0.2) is 49.9 Å².